The highest BCUT2D eigenvalue weighted by Gasteiger charge is 2.32. The molecule has 1 aromatic carbocycles. The summed E-state index contributed by atoms with van der Waals surface area (Å²) in [4.78, 5) is 26.1. The quantitative estimate of drug-likeness (QED) is 0.775. The summed E-state index contributed by atoms with van der Waals surface area (Å²) in [6, 6.07) is 5.37. The third-order valence-corrected chi connectivity index (χ3v) is 3.96. The summed E-state index contributed by atoms with van der Waals surface area (Å²) in [5, 5.41) is 0. The minimum absolute atomic E-state index is 0.178. The standard InChI is InChI=1S/C18H24FNO4/c1-18(2,24-15-9-7-14(19)8-10-15)17(22)23-13-16(21)20-11-5-3-4-6-12-20/h7-10H,3-6,11-13H2,1-2H3. The molecular weight excluding hydrogens is 313 g/mol. The molecule has 132 valence electrons. The van der Waals surface area contributed by atoms with Crippen molar-refractivity contribution in [3.05, 3.63) is 30.1 Å². The van der Waals surface area contributed by atoms with Crippen LogP contribution in [0.15, 0.2) is 24.3 Å². The predicted molar refractivity (Wildman–Crippen MR) is 87.1 cm³/mol. The molecule has 1 fully saturated rings. The first kappa shape index (κ1) is 18.2. The van der Waals surface area contributed by atoms with Gasteiger partial charge in [0.25, 0.3) is 5.91 Å². The summed E-state index contributed by atoms with van der Waals surface area (Å²) in [5.41, 5.74) is -1.27. The number of nitrogens with zero attached hydrogens (tertiary/aromatic N) is 1. The first-order valence-corrected chi connectivity index (χ1v) is 8.28. The van der Waals surface area contributed by atoms with Gasteiger partial charge in [-0.25, -0.2) is 9.18 Å². The number of likely N-dealkylation sites (tertiary alicyclic amines) is 1. The van der Waals surface area contributed by atoms with Crippen LogP contribution in [0.5, 0.6) is 5.75 Å². The van der Waals surface area contributed by atoms with E-state index in [0.29, 0.717) is 18.8 Å². The van der Waals surface area contributed by atoms with Crippen molar-refractivity contribution in [2.75, 3.05) is 19.7 Å². The smallest absolute Gasteiger partial charge is 0.350 e. The summed E-state index contributed by atoms with van der Waals surface area (Å²) in [6.07, 6.45) is 4.22. The first-order valence-electron chi connectivity index (χ1n) is 8.28. The van der Waals surface area contributed by atoms with Gasteiger partial charge < -0.3 is 14.4 Å². The van der Waals surface area contributed by atoms with E-state index in [4.69, 9.17) is 9.47 Å². The Kier molecular flexibility index (Phi) is 6.17. The zero-order valence-corrected chi connectivity index (χ0v) is 14.2. The summed E-state index contributed by atoms with van der Waals surface area (Å²) in [7, 11) is 0. The highest BCUT2D eigenvalue weighted by Crippen LogP contribution is 2.20. The van der Waals surface area contributed by atoms with Gasteiger partial charge in [-0.1, -0.05) is 12.8 Å². The van der Waals surface area contributed by atoms with Gasteiger partial charge in [0.1, 0.15) is 11.6 Å². The fraction of sp³-hybridized carbons (Fsp3) is 0.556. The summed E-state index contributed by atoms with van der Waals surface area (Å²) >= 11 is 0. The Balaban J connectivity index is 1.85. The van der Waals surface area contributed by atoms with Crippen LogP contribution in [-0.2, 0) is 14.3 Å². The number of carbonyl (C=O) groups is 2. The van der Waals surface area contributed by atoms with Gasteiger partial charge in [0, 0.05) is 13.1 Å². The van der Waals surface area contributed by atoms with E-state index in [2.05, 4.69) is 0 Å². The highest BCUT2D eigenvalue weighted by atomic mass is 19.1. The number of amides is 1. The van der Waals surface area contributed by atoms with Gasteiger partial charge in [-0.2, -0.15) is 0 Å². The number of halogens is 1. The highest BCUT2D eigenvalue weighted by molar-refractivity contribution is 5.84. The molecule has 0 aromatic heterocycles. The van der Waals surface area contributed by atoms with Crippen LogP contribution < -0.4 is 4.74 Å². The lowest BCUT2D eigenvalue weighted by atomic mass is 10.1. The summed E-state index contributed by atoms with van der Waals surface area (Å²) < 4.78 is 23.6. The molecule has 2 rings (SSSR count). The van der Waals surface area contributed by atoms with Crippen LogP contribution in [0.4, 0.5) is 4.39 Å². The molecule has 1 aromatic rings. The Hall–Kier alpha value is -2.11. The molecule has 0 atom stereocenters. The number of ether oxygens (including phenoxy) is 2. The van der Waals surface area contributed by atoms with Gasteiger partial charge in [0.15, 0.2) is 12.2 Å². The van der Waals surface area contributed by atoms with Crippen LogP contribution in [0.25, 0.3) is 0 Å². The Morgan fingerprint density at radius 3 is 2.25 bits per heavy atom. The van der Waals surface area contributed by atoms with Crippen LogP contribution >= 0.6 is 0 Å². The van der Waals surface area contributed by atoms with Gasteiger partial charge in [-0.05, 0) is 51.0 Å². The molecule has 0 aliphatic carbocycles. The number of benzene rings is 1. The SMILES string of the molecule is CC(C)(Oc1ccc(F)cc1)C(=O)OCC(=O)N1CCCCCC1. The van der Waals surface area contributed by atoms with E-state index in [1.807, 2.05) is 0 Å². The Morgan fingerprint density at radius 2 is 1.67 bits per heavy atom. The molecule has 1 heterocycles. The molecule has 0 unspecified atom stereocenters. The van der Waals surface area contributed by atoms with Crippen LogP contribution in [-0.4, -0.2) is 42.1 Å². The van der Waals surface area contributed by atoms with Gasteiger partial charge in [-0.3, -0.25) is 4.79 Å². The molecule has 1 saturated heterocycles. The maximum absolute atomic E-state index is 12.9. The summed E-state index contributed by atoms with van der Waals surface area (Å²) in [5.74, 6) is -0.833. The minimum atomic E-state index is -1.27. The van der Waals surface area contributed by atoms with E-state index in [-0.39, 0.29) is 18.3 Å². The van der Waals surface area contributed by atoms with Crippen molar-refractivity contribution in [3.63, 3.8) is 0 Å². The van der Waals surface area contributed by atoms with E-state index >= 15 is 0 Å². The van der Waals surface area contributed by atoms with Crippen LogP contribution in [0.3, 0.4) is 0 Å². The van der Waals surface area contributed by atoms with Gasteiger partial charge in [-0.15, -0.1) is 0 Å². The molecule has 1 aliphatic heterocycles. The van der Waals surface area contributed by atoms with E-state index in [1.54, 1.807) is 18.7 Å². The second kappa shape index (κ2) is 8.13. The van der Waals surface area contributed by atoms with E-state index in [9.17, 15) is 14.0 Å². The fourth-order valence-electron chi connectivity index (χ4n) is 2.55. The zero-order valence-electron chi connectivity index (χ0n) is 14.2. The molecule has 0 spiro atoms. The van der Waals surface area contributed by atoms with E-state index in [1.165, 1.54) is 24.3 Å². The zero-order chi connectivity index (χ0) is 17.6. The minimum Gasteiger partial charge on any atom is -0.476 e. The fourth-order valence-corrected chi connectivity index (χ4v) is 2.55. The van der Waals surface area contributed by atoms with Crippen molar-refractivity contribution in [2.24, 2.45) is 0 Å². The van der Waals surface area contributed by atoms with Gasteiger partial charge in [0.05, 0.1) is 0 Å². The number of hydrogen-bond acceptors (Lipinski definition) is 4. The van der Waals surface area contributed by atoms with Crippen LogP contribution in [0, 0.1) is 5.82 Å². The molecule has 24 heavy (non-hydrogen) atoms. The lowest BCUT2D eigenvalue weighted by Crippen LogP contribution is -2.42. The number of carbonyl (C=O) groups excluding carboxylic acids is 2. The van der Waals surface area contributed by atoms with Crippen molar-refractivity contribution in [1.29, 1.82) is 0 Å². The molecule has 5 nitrogen and oxygen atoms in total. The Labute approximate surface area is 141 Å². The molecule has 0 N–H and O–H groups in total. The Bertz CT molecular complexity index is 563. The second-order valence-electron chi connectivity index (χ2n) is 6.44. The largest absolute Gasteiger partial charge is 0.476 e. The van der Waals surface area contributed by atoms with E-state index < -0.39 is 11.6 Å². The van der Waals surface area contributed by atoms with E-state index in [0.717, 1.165) is 25.7 Å². The average molecular weight is 337 g/mol. The van der Waals surface area contributed by atoms with Crippen molar-refractivity contribution in [3.8, 4) is 5.75 Å². The normalized spacial score (nSPS) is 15.5. The maximum atomic E-state index is 12.9. The second-order valence-corrected chi connectivity index (χ2v) is 6.44. The maximum Gasteiger partial charge on any atom is 0.350 e. The van der Waals surface area contributed by atoms with Crippen LogP contribution in [0.1, 0.15) is 39.5 Å². The summed E-state index contributed by atoms with van der Waals surface area (Å²) in [6.45, 7) is 4.25. The first-order chi connectivity index (χ1) is 11.4. The topological polar surface area (TPSA) is 55.8 Å². The van der Waals surface area contributed by atoms with Crippen molar-refractivity contribution < 1.29 is 23.5 Å². The molecule has 1 amide bonds. The predicted octanol–water partition coefficient (Wildman–Crippen LogP) is 2.93. The van der Waals surface area contributed by atoms with Crippen molar-refractivity contribution in [1.82, 2.24) is 4.90 Å². The lowest BCUT2D eigenvalue weighted by molar-refractivity contribution is -0.164. The molecule has 0 radical (unpaired) electrons. The van der Waals surface area contributed by atoms with Gasteiger partial charge >= 0.3 is 5.97 Å². The number of rotatable bonds is 5. The number of hydrogen-bond donors (Lipinski definition) is 0. The average Bonchev–Trinajstić information content (AvgIpc) is 2.83. The monoisotopic (exact) mass is 337 g/mol. The molecule has 0 bridgehead atoms. The lowest BCUT2D eigenvalue weighted by Gasteiger charge is -2.25. The molecule has 0 saturated carbocycles. The van der Waals surface area contributed by atoms with Crippen molar-refractivity contribution >= 4 is 11.9 Å². The third kappa shape index (κ3) is 5.22. The Morgan fingerprint density at radius 1 is 1.08 bits per heavy atom. The molecular formula is C18H24FNO4. The molecule has 6 heteroatoms. The van der Waals surface area contributed by atoms with Crippen molar-refractivity contribution in [2.45, 2.75) is 45.1 Å². The van der Waals surface area contributed by atoms with Crippen LogP contribution in [0.2, 0.25) is 0 Å². The number of esters is 1. The molecule has 1 aliphatic rings. The third-order valence-electron chi connectivity index (χ3n) is 3.96. The van der Waals surface area contributed by atoms with Gasteiger partial charge in [0.2, 0.25) is 0 Å².